The molecule has 0 bridgehead atoms. The summed E-state index contributed by atoms with van der Waals surface area (Å²) in [4.78, 5) is 2.13. The minimum atomic E-state index is -0.739. The zero-order chi connectivity index (χ0) is 10.1. The first-order chi connectivity index (χ1) is 6.68. The van der Waals surface area contributed by atoms with Crippen LogP contribution in [0.15, 0.2) is 18.2 Å². The lowest BCUT2D eigenvalue weighted by molar-refractivity contribution is 0.408. The standard InChI is InChI=1S/C11H13F2N/c1-14-6-5-8(7-14)9-3-2-4-10(12)11(9)13/h2-4,8H,5-7H2,1H3. The fourth-order valence-electron chi connectivity index (χ4n) is 2.02. The molecule has 1 aromatic carbocycles. The molecule has 0 amide bonds. The average molecular weight is 197 g/mol. The summed E-state index contributed by atoms with van der Waals surface area (Å²) in [5.41, 5.74) is 0.523. The predicted octanol–water partition coefficient (Wildman–Crippen LogP) is 2.38. The molecule has 1 unspecified atom stereocenters. The van der Waals surface area contributed by atoms with Crippen LogP contribution in [0.2, 0.25) is 0 Å². The van der Waals surface area contributed by atoms with E-state index in [1.807, 2.05) is 7.05 Å². The maximum atomic E-state index is 13.4. The Morgan fingerprint density at radius 3 is 2.79 bits per heavy atom. The minimum absolute atomic E-state index is 0.149. The predicted molar refractivity (Wildman–Crippen MR) is 51.2 cm³/mol. The molecule has 2 rings (SSSR count). The molecule has 1 aliphatic heterocycles. The van der Waals surface area contributed by atoms with E-state index in [2.05, 4.69) is 4.90 Å². The Morgan fingerprint density at radius 1 is 1.36 bits per heavy atom. The van der Waals surface area contributed by atoms with Gasteiger partial charge in [-0.3, -0.25) is 0 Å². The van der Waals surface area contributed by atoms with Gasteiger partial charge < -0.3 is 4.90 Å². The van der Waals surface area contributed by atoms with Crippen molar-refractivity contribution in [2.75, 3.05) is 20.1 Å². The molecule has 14 heavy (non-hydrogen) atoms. The second-order valence-electron chi connectivity index (χ2n) is 3.89. The third-order valence-corrected chi connectivity index (χ3v) is 2.81. The lowest BCUT2D eigenvalue weighted by Gasteiger charge is -2.11. The highest BCUT2D eigenvalue weighted by Gasteiger charge is 2.24. The van der Waals surface area contributed by atoms with Gasteiger partial charge in [-0.2, -0.15) is 0 Å². The molecule has 0 saturated carbocycles. The van der Waals surface area contributed by atoms with Crippen molar-refractivity contribution in [2.45, 2.75) is 12.3 Å². The van der Waals surface area contributed by atoms with Crippen LogP contribution < -0.4 is 0 Å². The molecule has 1 saturated heterocycles. The summed E-state index contributed by atoms with van der Waals surface area (Å²) in [5.74, 6) is -1.26. The monoisotopic (exact) mass is 197 g/mol. The summed E-state index contributed by atoms with van der Waals surface area (Å²) in [6.07, 6.45) is 0.914. The van der Waals surface area contributed by atoms with Gasteiger partial charge in [-0.1, -0.05) is 12.1 Å². The number of hydrogen-bond acceptors (Lipinski definition) is 1. The van der Waals surface area contributed by atoms with Crippen LogP contribution in [-0.2, 0) is 0 Å². The smallest absolute Gasteiger partial charge is 0.162 e. The fraction of sp³-hybridized carbons (Fsp3) is 0.455. The number of rotatable bonds is 1. The van der Waals surface area contributed by atoms with Crippen molar-refractivity contribution < 1.29 is 8.78 Å². The van der Waals surface area contributed by atoms with Crippen molar-refractivity contribution in [2.24, 2.45) is 0 Å². The molecular formula is C11H13F2N. The molecule has 0 N–H and O–H groups in total. The molecule has 0 spiro atoms. The van der Waals surface area contributed by atoms with Crippen LogP contribution in [0, 0.1) is 11.6 Å². The Bertz CT molecular complexity index is 338. The normalized spacial score (nSPS) is 22.9. The largest absolute Gasteiger partial charge is 0.306 e. The fourth-order valence-corrected chi connectivity index (χ4v) is 2.02. The van der Waals surface area contributed by atoms with Crippen LogP contribution in [0.4, 0.5) is 8.78 Å². The molecule has 1 atom stereocenters. The number of benzene rings is 1. The topological polar surface area (TPSA) is 3.24 Å². The van der Waals surface area contributed by atoms with Gasteiger partial charge in [0.1, 0.15) is 0 Å². The second-order valence-corrected chi connectivity index (χ2v) is 3.89. The molecule has 76 valence electrons. The molecule has 1 heterocycles. The van der Waals surface area contributed by atoms with Gasteiger partial charge in [0, 0.05) is 12.5 Å². The number of likely N-dealkylation sites (tertiary alicyclic amines) is 1. The van der Waals surface area contributed by atoms with E-state index in [-0.39, 0.29) is 5.92 Å². The molecule has 0 aromatic heterocycles. The first-order valence-electron chi connectivity index (χ1n) is 4.81. The molecule has 3 heteroatoms. The van der Waals surface area contributed by atoms with Crippen LogP contribution in [0.5, 0.6) is 0 Å². The van der Waals surface area contributed by atoms with E-state index in [4.69, 9.17) is 0 Å². The molecule has 1 fully saturated rings. The Morgan fingerprint density at radius 2 is 2.14 bits per heavy atom. The Balaban J connectivity index is 2.28. The van der Waals surface area contributed by atoms with Gasteiger partial charge >= 0.3 is 0 Å². The van der Waals surface area contributed by atoms with E-state index in [0.29, 0.717) is 5.56 Å². The van der Waals surface area contributed by atoms with Gasteiger partial charge in [-0.05, 0) is 31.6 Å². The zero-order valence-corrected chi connectivity index (χ0v) is 8.13. The zero-order valence-electron chi connectivity index (χ0n) is 8.13. The van der Waals surface area contributed by atoms with E-state index >= 15 is 0 Å². The summed E-state index contributed by atoms with van der Waals surface area (Å²) >= 11 is 0. The van der Waals surface area contributed by atoms with Gasteiger partial charge in [0.05, 0.1) is 0 Å². The molecule has 1 aromatic rings. The van der Waals surface area contributed by atoms with E-state index in [1.165, 1.54) is 0 Å². The summed E-state index contributed by atoms with van der Waals surface area (Å²) in [7, 11) is 2.00. The van der Waals surface area contributed by atoms with E-state index in [9.17, 15) is 8.78 Å². The maximum Gasteiger partial charge on any atom is 0.162 e. The molecule has 1 aliphatic rings. The minimum Gasteiger partial charge on any atom is -0.306 e. The lowest BCUT2D eigenvalue weighted by Crippen LogP contribution is -2.14. The average Bonchev–Trinajstić information content (AvgIpc) is 2.57. The number of hydrogen-bond donors (Lipinski definition) is 0. The molecular weight excluding hydrogens is 184 g/mol. The van der Waals surface area contributed by atoms with Crippen molar-refractivity contribution in [1.82, 2.24) is 4.90 Å². The SMILES string of the molecule is CN1CCC(c2cccc(F)c2F)C1. The van der Waals surface area contributed by atoms with Crippen molar-refractivity contribution in [3.8, 4) is 0 Å². The van der Waals surface area contributed by atoms with E-state index in [1.54, 1.807) is 12.1 Å². The summed E-state index contributed by atoms with van der Waals surface area (Å²) in [6.45, 7) is 1.78. The first kappa shape index (κ1) is 9.59. The van der Waals surface area contributed by atoms with Crippen LogP contribution >= 0.6 is 0 Å². The first-order valence-corrected chi connectivity index (χ1v) is 4.81. The third-order valence-electron chi connectivity index (χ3n) is 2.81. The van der Waals surface area contributed by atoms with Crippen molar-refractivity contribution in [3.05, 3.63) is 35.4 Å². The van der Waals surface area contributed by atoms with Gasteiger partial charge in [-0.15, -0.1) is 0 Å². The number of likely N-dealkylation sites (N-methyl/N-ethyl adjacent to an activating group) is 1. The maximum absolute atomic E-state index is 13.4. The number of nitrogens with zero attached hydrogens (tertiary/aromatic N) is 1. The van der Waals surface area contributed by atoms with E-state index in [0.717, 1.165) is 25.6 Å². The second kappa shape index (κ2) is 3.65. The molecule has 1 nitrogen and oxygen atoms in total. The van der Waals surface area contributed by atoms with Crippen LogP contribution in [-0.4, -0.2) is 25.0 Å². The highest BCUT2D eigenvalue weighted by Crippen LogP contribution is 2.28. The highest BCUT2D eigenvalue weighted by atomic mass is 19.2. The van der Waals surface area contributed by atoms with Gasteiger partial charge in [-0.25, -0.2) is 8.78 Å². The third kappa shape index (κ3) is 1.64. The quantitative estimate of drug-likeness (QED) is 0.668. The van der Waals surface area contributed by atoms with Crippen LogP contribution in [0.25, 0.3) is 0 Å². The Kier molecular flexibility index (Phi) is 2.50. The van der Waals surface area contributed by atoms with Crippen LogP contribution in [0.3, 0.4) is 0 Å². The number of halogens is 2. The van der Waals surface area contributed by atoms with Crippen LogP contribution in [0.1, 0.15) is 17.9 Å². The molecule has 0 radical (unpaired) electrons. The van der Waals surface area contributed by atoms with Crippen molar-refractivity contribution in [3.63, 3.8) is 0 Å². The summed E-state index contributed by atoms with van der Waals surface area (Å²) in [6, 6.07) is 4.42. The van der Waals surface area contributed by atoms with Gasteiger partial charge in [0.25, 0.3) is 0 Å². The highest BCUT2D eigenvalue weighted by molar-refractivity contribution is 5.24. The Labute approximate surface area is 82.3 Å². The van der Waals surface area contributed by atoms with Gasteiger partial charge in [0.2, 0.25) is 0 Å². The van der Waals surface area contributed by atoms with Crippen molar-refractivity contribution >= 4 is 0 Å². The summed E-state index contributed by atoms with van der Waals surface area (Å²) in [5, 5.41) is 0. The van der Waals surface area contributed by atoms with E-state index < -0.39 is 11.6 Å². The Hall–Kier alpha value is -0.960. The molecule has 0 aliphatic carbocycles. The van der Waals surface area contributed by atoms with Gasteiger partial charge in [0.15, 0.2) is 11.6 Å². The lowest BCUT2D eigenvalue weighted by atomic mass is 9.98. The summed E-state index contributed by atoms with van der Waals surface area (Å²) < 4.78 is 26.3. The van der Waals surface area contributed by atoms with Crippen molar-refractivity contribution in [1.29, 1.82) is 0 Å².